The van der Waals surface area contributed by atoms with Gasteiger partial charge in [0.15, 0.2) is 0 Å². The van der Waals surface area contributed by atoms with Gasteiger partial charge in [-0.2, -0.15) is 0 Å². The first-order chi connectivity index (χ1) is 13.9. The molecule has 0 aromatic heterocycles. The molecule has 1 aliphatic rings. The van der Waals surface area contributed by atoms with E-state index in [1.165, 1.54) is 4.90 Å². The van der Waals surface area contributed by atoms with Crippen molar-refractivity contribution < 1.29 is 19.1 Å². The molecular formula is C22H23ClN2O4. The minimum atomic E-state index is -0.628. The smallest absolute Gasteiger partial charge is 0.338 e. The Morgan fingerprint density at radius 3 is 2.59 bits per heavy atom. The Kier molecular flexibility index (Phi) is 6.44. The quantitative estimate of drug-likeness (QED) is 0.718. The summed E-state index contributed by atoms with van der Waals surface area (Å²) in [5.74, 6) is 0.0501. The highest BCUT2D eigenvalue weighted by Crippen LogP contribution is 2.31. The molecule has 0 saturated heterocycles. The summed E-state index contributed by atoms with van der Waals surface area (Å²) in [6, 6.07) is 13.6. The molecule has 2 aromatic rings. The van der Waals surface area contributed by atoms with Crippen molar-refractivity contribution in [2.75, 3.05) is 20.3 Å². The maximum Gasteiger partial charge on any atom is 0.338 e. The molecule has 1 atom stereocenters. The SMILES string of the molecule is CCOC(=O)C1=C(COc2cccc(Cl)c2)N(C)C(=O)NC1c1ccc(C)cc1. The molecule has 2 aromatic carbocycles. The largest absolute Gasteiger partial charge is 0.487 e. The molecular weight excluding hydrogens is 392 g/mol. The molecule has 29 heavy (non-hydrogen) atoms. The second kappa shape index (κ2) is 9.01. The highest BCUT2D eigenvalue weighted by molar-refractivity contribution is 6.30. The molecule has 152 valence electrons. The average Bonchev–Trinajstić information content (AvgIpc) is 2.69. The van der Waals surface area contributed by atoms with Gasteiger partial charge >= 0.3 is 12.0 Å². The fourth-order valence-corrected chi connectivity index (χ4v) is 3.28. The Balaban J connectivity index is 2.02. The van der Waals surface area contributed by atoms with Gasteiger partial charge in [-0.15, -0.1) is 0 Å². The normalized spacial score (nSPS) is 16.5. The minimum absolute atomic E-state index is 0.0147. The number of esters is 1. The van der Waals surface area contributed by atoms with Crippen LogP contribution in [0.25, 0.3) is 0 Å². The van der Waals surface area contributed by atoms with E-state index in [4.69, 9.17) is 21.1 Å². The van der Waals surface area contributed by atoms with Gasteiger partial charge in [0.1, 0.15) is 12.4 Å². The fraction of sp³-hybridized carbons (Fsp3) is 0.273. The molecule has 1 N–H and O–H groups in total. The molecule has 1 unspecified atom stereocenters. The van der Waals surface area contributed by atoms with Crippen molar-refractivity contribution in [2.45, 2.75) is 19.9 Å². The molecule has 0 aliphatic carbocycles. The molecule has 0 bridgehead atoms. The number of urea groups is 1. The summed E-state index contributed by atoms with van der Waals surface area (Å²) >= 11 is 6.01. The number of aryl methyl sites for hydroxylation is 1. The van der Waals surface area contributed by atoms with Crippen LogP contribution in [-0.4, -0.2) is 37.2 Å². The molecule has 7 heteroatoms. The van der Waals surface area contributed by atoms with Crippen molar-refractivity contribution in [3.8, 4) is 5.75 Å². The molecule has 2 amide bonds. The van der Waals surface area contributed by atoms with Crippen LogP contribution in [-0.2, 0) is 9.53 Å². The zero-order chi connectivity index (χ0) is 21.0. The molecule has 0 spiro atoms. The maximum absolute atomic E-state index is 12.8. The highest BCUT2D eigenvalue weighted by Gasteiger charge is 2.37. The predicted molar refractivity (Wildman–Crippen MR) is 111 cm³/mol. The lowest BCUT2D eigenvalue weighted by atomic mass is 9.94. The third-order valence-electron chi connectivity index (χ3n) is 4.65. The van der Waals surface area contributed by atoms with Crippen molar-refractivity contribution in [3.63, 3.8) is 0 Å². The maximum atomic E-state index is 12.8. The van der Waals surface area contributed by atoms with Crippen molar-refractivity contribution in [1.82, 2.24) is 10.2 Å². The first-order valence-electron chi connectivity index (χ1n) is 9.30. The number of hydrogen-bond donors (Lipinski definition) is 1. The van der Waals surface area contributed by atoms with E-state index in [1.807, 2.05) is 31.2 Å². The third-order valence-corrected chi connectivity index (χ3v) is 4.89. The Hall–Kier alpha value is -2.99. The standard InChI is InChI=1S/C22H23ClN2O4/c1-4-28-21(26)19-18(13-29-17-7-5-6-16(23)12-17)25(3)22(27)24-20(19)15-10-8-14(2)9-11-15/h5-12,20H,4,13H2,1-3H3,(H,24,27). The van der Waals surface area contributed by atoms with Crippen molar-refractivity contribution in [2.24, 2.45) is 0 Å². The number of rotatable bonds is 6. The number of carbonyl (C=O) groups excluding carboxylic acids is 2. The summed E-state index contributed by atoms with van der Waals surface area (Å²) in [7, 11) is 1.59. The summed E-state index contributed by atoms with van der Waals surface area (Å²) < 4.78 is 11.1. The van der Waals surface area contributed by atoms with Crippen LogP contribution in [0.5, 0.6) is 5.75 Å². The molecule has 1 aliphatic heterocycles. The van der Waals surface area contributed by atoms with E-state index in [-0.39, 0.29) is 19.2 Å². The van der Waals surface area contributed by atoms with Crippen molar-refractivity contribution in [3.05, 3.63) is 76.0 Å². The van der Waals surface area contributed by atoms with Gasteiger partial charge in [0.25, 0.3) is 0 Å². The van der Waals surface area contributed by atoms with Crippen LogP contribution in [0.1, 0.15) is 24.1 Å². The van der Waals surface area contributed by atoms with E-state index in [0.717, 1.165) is 11.1 Å². The topological polar surface area (TPSA) is 67.9 Å². The monoisotopic (exact) mass is 414 g/mol. The number of nitrogens with zero attached hydrogens (tertiary/aromatic N) is 1. The second-order valence-electron chi connectivity index (χ2n) is 6.68. The lowest BCUT2D eigenvalue weighted by Crippen LogP contribution is -2.48. The van der Waals surface area contributed by atoms with Crippen LogP contribution in [0.15, 0.2) is 59.8 Å². The Morgan fingerprint density at radius 1 is 1.21 bits per heavy atom. The van der Waals surface area contributed by atoms with Crippen LogP contribution in [0, 0.1) is 6.92 Å². The van der Waals surface area contributed by atoms with Crippen LogP contribution in [0.4, 0.5) is 4.79 Å². The first kappa shape index (κ1) is 20.7. The molecule has 0 radical (unpaired) electrons. The van der Waals surface area contributed by atoms with E-state index in [1.54, 1.807) is 38.2 Å². The lowest BCUT2D eigenvalue weighted by Gasteiger charge is -2.34. The van der Waals surface area contributed by atoms with Gasteiger partial charge in [-0.25, -0.2) is 9.59 Å². The van der Waals surface area contributed by atoms with Gasteiger partial charge in [0, 0.05) is 12.1 Å². The van der Waals surface area contributed by atoms with Gasteiger partial charge in [0.2, 0.25) is 0 Å². The zero-order valence-electron chi connectivity index (χ0n) is 16.6. The van der Waals surface area contributed by atoms with Gasteiger partial charge in [-0.05, 0) is 37.6 Å². The third kappa shape index (κ3) is 4.71. The average molecular weight is 415 g/mol. The number of likely N-dealkylation sites (N-methyl/N-ethyl adjacent to an activating group) is 1. The van der Waals surface area contributed by atoms with Crippen LogP contribution < -0.4 is 10.1 Å². The Labute approximate surface area is 175 Å². The fourth-order valence-electron chi connectivity index (χ4n) is 3.10. The number of carbonyl (C=O) groups is 2. The number of ether oxygens (including phenoxy) is 2. The lowest BCUT2D eigenvalue weighted by molar-refractivity contribution is -0.139. The second-order valence-corrected chi connectivity index (χ2v) is 7.12. The molecule has 3 rings (SSSR count). The van der Waals surface area contributed by atoms with Crippen LogP contribution in [0.3, 0.4) is 0 Å². The van der Waals surface area contributed by atoms with E-state index < -0.39 is 12.0 Å². The van der Waals surface area contributed by atoms with E-state index in [9.17, 15) is 9.59 Å². The Bertz CT molecular complexity index is 940. The van der Waals surface area contributed by atoms with Gasteiger partial charge in [-0.3, -0.25) is 4.90 Å². The van der Waals surface area contributed by atoms with Crippen molar-refractivity contribution in [1.29, 1.82) is 0 Å². The molecule has 6 nitrogen and oxygen atoms in total. The van der Waals surface area contributed by atoms with Crippen LogP contribution >= 0.6 is 11.6 Å². The number of hydrogen-bond acceptors (Lipinski definition) is 4. The molecule has 1 heterocycles. The van der Waals surface area contributed by atoms with Crippen molar-refractivity contribution >= 4 is 23.6 Å². The number of amides is 2. The summed E-state index contributed by atoms with van der Waals surface area (Å²) in [4.78, 5) is 26.8. The van der Waals surface area contributed by atoms with Crippen LogP contribution in [0.2, 0.25) is 5.02 Å². The summed E-state index contributed by atoms with van der Waals surface area (Å²) in [5, 5.41) is 3.42. The number of halogens is 1. The van der Waals surface area contributed by atoms with E-state index in [2.05, 4.69) is 5.32 Å². The summed E-state index contributed by atoms with van der Waals surface area (Å²) in [6.07, 6.45) is 0. The van der Waals surface area contributed by atoms with Gasteiger partial charge in [-0.1, -0.05) is 47.5 Å². The molecule has 0 fully saturated rings. The minimum Gasteiger partial charge on any atom is -0.487 e. The summed E-state index contributed by atoms with van der Waals surface area (Å²) in [6.45, 7) is 3.96. The zero-order valence-corrected chi connectivity index (χ0v) is 17.3. The van der Waals surface area contributed by atoms with E-state index in [0.29, 0.717) is 22.0 Å². The highest BCUT2D eigenvalue weighted by atomic mass is 35.5. The van der Waals surface area contributed by atoms with Gasteiger partial charge < -0.3 is 14.8 Å². The summed E-state index contributed by atoms with van der Waals surface area (Å²) in [5.41, 5.74) is 2.66. The van der Waals surface area contributed by atoms with E-state index >= 15 is 0 Å². The first-order valence-corrected chi connectivity index (χ1v) is 9.67. The predicted octanol–water partition coefficient (Wildman–Crippen LogP) is 4.24. The number of nitrogens with one attached hydrogen (secondary N) is 1. The number of benzene rings is 2. The Morgan fingerprint density at radius 2 is 1.93 bits per heavy atom. The molecule has 0 saturated carbocycles. The van der Waals surface area contributed by atoms with Gasteiger partial charge in [0.05, 0.1) is 23.9 Å².